The molecule has 132 valence electrons. The lowest BCUT2D eigenvalue weighted by molar-refractivity contribution is -0.118. The fraction of sp³-hybridized carbons (Fsp3) is 0.368. The van der Waals surface area contributed by atoms with Crippen LogP contribution in [0, 0.1) is 0 Å². The highest BCUT2D eigenvalue weighted by Gasteiger charge is 2.26. The summed E-state index contributed by atoms with van der Waals surface area (Å²) in [6.07, 6.45) is 5.12. The Morgan fingerprint density at radius 1 is 1.12 bits per heavy atom. The van der Waals surface area contributed by atoms with E-state index in [1.807, 2.05) is 18.2 Å². The lowest BCUT2D eigenvalue weighted by Crippen LogP contribution is -2.21. The number of carbonyl (C=O) groups excluding carboxylic acids is 2. The number of amides is 1. The van der Waals surface area contributed by atoms with Crippen molar-refractivity contribution in [2.75, 3.05) is 19.0 Å². The second kappa shape index (κ2) is 8.16. The molecule has 0 saturated carbocycles. The van der Waals surface area contributed by atoms with Gasteiger partial charge in [0.05, 0.1) is 12.7 Å². The van der Waals surface area contributed by atoms with Crippen molar-refractivity contribution >= 4 is 28.2 Å². The number of nitrogens with one attached hydrogen (secondary N) is 1. The third-order valence-electron chi connectivity index (χ3n) is 4.18. The van der Waals surface area contributed by atoms with Gasteiger partial charge >= 0.3 is 5.97 Å². The molecule has 0 saturated heterocycles. The summed E-state index contributed by atoms with van der Waals surface area (Å²) in [4.78, 5) is 25.7. The summed E-state index contributed by atoms with van der Waals surface area (Å²) in [6, 6.07) is 9.16. The molecule has 0 atom stereocenters. The Bertz CT molecular complexity index is 754. The fourth-order valence-corrected chi connectivity index (χ4v) is 4.27. The van der Waals surface area contributed by atoms with E-state index >= 15 is 0 Å². The molecule has 1 amide bonds. The fourth-order valence-electron chi connectivity index (χ4n) is 2.98. The third-order valence-corrected chi connectivity index (χ3v) is 5.38. The number of thiophene rings is 1. The summed E-state index contributed by atoms with van der Waals surface area (Å²) in [7, 11) is 1.37. The maximum atomic E-state index is 12.2. The van der Waals surface area contributed by atoms with Crippen molar-refractivity contribution in [3.05, 3.63) is 46.3 Å². The van der Waals surface area contributed by atoms with Gasteiger partial charge < -0.3 is 14.8 Å². The molecule has 0 radical (unpaired) electrons. The predicted molar refractivity (Wildman–Crippen MR) is 97.5 cm³/mol. The van der Waals surface area contributed by atoms with Gasteiger partial charge in [-0.2, -0.15) is 0 Å². The van der Waals surface area contributed by atoms with E-state index in [-0.39, 0.29) is 12.5 Å². The van der Waals surface area contributed by atoms with Crippen LogP contribution in [-0.2, 0) is 22.4 Å². The molecule has 3 rings (SSSR count). The molecule has 6 heteroatoms. The van der Waals surface area contributed by atoms with Crippen LogP contribution in [0.5, 0.6) is 5.75 Å². The summed E-state index contributed by atoms with van der Waals surface area (Å²) in [5.74, 6) is -0.0445. The van der Waals surface area contributed by atoms with Crippen molar-refractivity contribution in [3.63, 3.8) is 0 Å². The zero-order valence-electron chi connectivity index (χ0n) is 14.2. The van der Waals surface area contributed by atoms with Crippen molar-refractivity contribution in [2.45, 2.75) is 32.1 Å². The Kier molecular flexibility index (Phi) is 5.71. The van der Waals surface area contributed by atoms with Gasteiger partial charge in [-0.15, -0.1) is 11.3 Å². The number of aryl methyl sites for hydroxylation is 1. The number of methoxy groups -OCH3 is 1. The third kappa shape index (κ3) is 4.20. The average molecular weight is 359 g/mol. The van der Waals surface area contributed by atoms with E-state index in [0.717, 1.165) is 37.7 Å². The molecule has 1 aliphatic rings. The molecule has 1 aromatic heterocycles. The van der Waals surface area contributed by atoms with Gasteiger partial charge in [-0.3, -0.25) is 4.79 Å². The molecule has 0 bridgehead atoms. The normalized spacial score (nSPS) is 13.5. The van der Waals surface area contributed by atoms with Gasteiger partial charge in [-0.1, -0.05) is 24.6 Å². The van der Waals surface area contributed by atoms with Crippen LogP contribution >= 0.6 is 11.3 Å². The number of anilines is 1. The highest BCUT2D eigenvalue weighted by atomic mass is 32.1. The van der Waals surface area contributed by atoms with Gasteiger partial charge in [0.25, 0.3) is 5.91 Å². The molecule has 0 spiro atoms. The molecule has 1 aliphatic carbocycles. The Hall–Kier alpha value is -2.34. The van der Waals surface area contributed by atoms with Crippen molar-refractivity contribution in [1.29, 1.82) is 0 Å². The Morgan fingerprint density at radius 2 is 1.88 bits per heavy atom. The van der Waals surface area contributed by atoms with Crippen molar-refractivity contribution in [2.24, 2.45) is 0 Å². The molecule has 1 heterocycles. The second-order valence-corrected chi connectivity index (χ2v) is 7.02. The molecule has 1 N–H and O–H groups in total. The minimum absolute atomic E-state index is 0.104. The maximum Gasteiger partial charge on any atom is 0.341 e. The van der Waals surface area contributed by atoms with Crippen LogP contribution in [0.4, 0.5) is 5.00 Å². The van der Waals surface area contributed by atoms with Crippen molar-refractivity contribution < 1.29 is 19.1 Å². The van der Waals surface area contributed by atoms with Crippen LogP contribution < -0.4 is 10.1 Å². The minimum Gasteiger partial charge on any atom is -0.484 e. The summed E-state index contributed by atoms with van der Waals surface area (Å²) >= 11 is 1.48. The Morgan fingerprint density at radius 3 is 2.64 bits per heavy atom. The van der Waals surface area contributed by atoms with E-state index in [0.29, 0.717) is 16.3 Å². The van der Waals surface area contributed by atoms with E-state index in [9.17, 15) is 9.59 Å². The number of hydrogen-bond donors (Lipinski definition) is 1. The van der Waals surface area contributed by atoms with Crippen molar-refractivity contribution in [1.82, 2.24) is 0 Å². The molecular weight excluding hydrogens is 338 g/mol. The van der Waals surface area contributed by atoms with Crippen LogP contribution in [0.25, 0.3) is 0 Å². The van der Waals surface area contributed by atoms with Crippen LogP contribution in [0.15, 0.2) is 30.3 Å². The van der Waals surface area contributed by atoms with E-state index in [4.69, 9.17) is 9.47 Å². The SMILES string of the molecule is COC(=O)c1c(NC(=O)COc2ccccc2)sc2c1CCCCC2. The first-order valence-electron chi connectivity index (χ1n) is 8.39. The van der Waals surface area contributed by atoms with Gasteiger partial charge in [0, 0.05) is 4.88 Å². The van der Waals surface area contributed by atoms with Crippen molar-refractivity contribution in [3.8, 4) is 5.75 Å². The first kappa shape index (κ1) is 17.5. The quantitative estimate of drug-likeness (QED) is 0.651. The number of benzene rings is 1. The average Bonchev–Trinajstić information content (AvgIpc) is 2.81. The number of hydrogen-bond acceptors (Lipinski definition) is 5. The van der Waals surface area contributed by atoms with E-state index in [2.05, 4.69) is 5.32 Å². The molecular formula is C19H21NO4S. The highest BCUT2D eigenvalue weighted by molar-refractivity contribution is 7.17. The number of rotatable bonds is 5. The van der Waals surface area contributed by atoms with Gasteiger partial charge in [0.15, 0.2) is 6.61 Å². The smallest absolute Gasteiger partial charge is 0.341 e. The summed E-state index contributed by atoms with van der Waals surface area (Å²) in [5, 5.41) is 3.40. The maximum absolute atomic E-state index is 12.2. The van der Waals surface area contributed by atoms with Crippen LogP contribution in [0.3, 0.4) is 0 Å². The molecule has 5 nitrogen and oxygen atoms in total. The Labute approximate surface area is 151 Å². The first-order valence-corrected chi connectivity index (χ1v) is 9.21. The zero-order chi connectivity index (χ0) is 17.6. The molecule has 0 aliphatic heterocycles. The van der Waals surface area contributed by atoms with Gasteiger partial charge in [-0.05, 0) is 43.4 Å². The Balaban J connectivity index is 1.74. The first-order chi connectivity index (χ1) is 12.2. The standard InChI is InChI=1S/C19H21NO4S/c1-23-19(22)17-14-10-6-3-7-11-15(14)25-18(17)20-16(21)12-24-13-8-4-2-5-9-13/h2,4-5,8-9H,3,6-7,10-12H2,1H3,(H,20,21). The molecule has 25 heavy (non-hydrogen) atoms. The van der Waals surface area contributed by atoms with E-state index in [1.54, 1.807) is 12.1 Å². The summed E-state index contributed by atoms with van der Waals surface area (Å²) in [5.41, 5.74) is 1.55. The van der Waals surface area contributed by atoms with Crippen LogP contribution in [0.1, 0.15) is 40.1 Å². The van der Waals surface area contributed by atoms with Crippen LogP contribution in [0.2, 0.25) is 0 Å². The monoisotopic (exact) mass is 359 g/mol. The lowest BCUT2D eigenvalue weighted by Gasteiger charge is -2.08. The number of esters is 1. The van der Waals surface area contributed by atoms with Gasteiger partial charge in [-0.25, -0.2) is 4.79 Å². The predicted octanol–water partition coefficient (Wildman–Crippen LogP) is 3.82. The molecule has 0 unspecified atom stereocenters. The lowest BCUT2D eigenvalue weighted by atomic mass is 10.1. The summed E-state index contributed by atoms with van der Waals surface area (Å²) < 4.78 is 10.4. The zero-order valence-corrected chi connectivity index (χ0v) is 15.0. The molecule has 2 aromatic rings. The van der Waals surface area contributed by atoms with Gasteiger partial charge in [0.1, 0.15) is 10.8 Å². The minimum atomic E-state index is -0.390. The van der Waals surface area contributed by atoms with E-state index < -0.39 is 5.97 Å². The number of ether oxygens (including phenoxy) is 2. The molecule has 0 fully saturated rings. The summed E-state index contributed by atoms with van der Waals surface area (Å²) in [6.45, 7) is -0.104. The molecule has 1 aromatic carbocycles. The topological polar surface area (TPSA) is 64.6 Å². The second-order valence-electron chi connectivity index (χ2n) is 5.91. The number of fused-ring (bicyclic) bond motifs is 1. The largest absolute Gasteiger partial charge is 0.484 e. The van der Waals surface area contributed by atoms with Gasteiger partial charge in [0.2, 0.25) is 0 Å². The van der Waals surface area contributed by atoms with Crippen LogP contribution in [-0.4, -0.2) is 25.6 Å². The van der Waals surface area contributed by atoms with E-state index in [1.165, 1.54) is 23.3 Å². The highest BCUT2D eigenvalue weighted by Crippen LogP contribution is 2.37. The number of carbonyl (C=O) groups is 2. The number of para-hydroxylation sites is 1.